The maximum atomic E-state index is 12.0. The maximum Gasteiger partial charge on any atom is 0.317 e. The average Bonchev–Trinajstić information content (AvgIpc) is 2.94. The fraction of sp³-hybridized carbons (Fsp3) is 0.467. The van der Waals surface area contributed by atoms with Gasteiger partial charge >= 0.3 is 12.0 Å². The second-order valence-corrected chi connectivity index (χ2v) is 5.65. The molecule has 1 aromatic rings. The summed E-state index contributed by atoms with van der Waals surface area (Å²) in [5, 5.41) is 12.0. The Kier molecular flexibility index (Phi) is 5.44. The van der Waals surface area contributed by atoms with Crippen molar-refractivity contribution < 1.29 is 14.7 Å². The topological polar surface area (TPSA) is 69.6 Å². The number of nitrogens with one attached hydrogen (secondary N) is 1. The van der Waals surface area contributed by atoms with Crippen LogP contribution in [0.2, 0.25) is 5.02 Å². The fourth-order valence-corrected chi connectivity index (χ4v) is 2.62. The van der Waals surface area contributed by atoms with Gasteiger partial charge in [-0.25, -0.2) is 4.79 Å². The van der Waals surface area contributed by atoms with Crippen molar-refractivity contribution in [3.05, 3.63) is 34.9 Å². The van der Waals surface area contributed by atoms with Gasteiger partial charge in [0.2, 0.25) is 0 Å². The van der Waals surface area contributed by atoms with Crippen LogP contribution in [0.25, 0.3) is 0 Å². The van der Waals surface area contributed by atoms with Crippen molar-refractivity contribution in [3.8, 4) is 0 Å². The van der Waals surface area contributed by atoms with Crippen LogP contribution in [-0.4, -0.2) is 41.6 Å². The molecule has 6 heteroatoms. The Morgan fingerprint density at radius 3 is 2.71 bits per heavy atom. The molecule has 2 rings (SSSR count). The van der Waals surface area contributed by atoms with Crippen LogP contribution in [0.1, 0.15) is 30.7 Å². The molecular formula is C15H19ClN2O3. The van der Waals surface area contributed by atoms with Crippen LogP contribution >= 0.6 is 11.6 Å². The lowest BCUT2D eigenvalue weighted by molar-refractivity contribution is -0.137. The molecule has 5 nitrogen and oxygen atoms in total. The number of halogens is 1. The van der Waals surface area contributed by atoms with Crippen LogP contribution in [0.5, 0.6) is 0 Å². The van der Waals surface area contributed by atoms with E-state index in [1.807, 2.05) is 24.3 Å². The summed E-state index contributed by atoms with van der Waals surface area (Å²) in [6.07, 6.45) is 1.47. The highest BCUT2D eigenvalue weighted by molar-refractivity contribution is 6.30. The first-order chi connectivity index (χ1) is 10.1. The lowest BCUT2D eigenvalue weighted by Gasteiger charge is -2.17. The Morgan fingerprint density at radius 1 is 1.33 bits per heavy atom. The number of carboxylic acid groups (broad SMARTS) is 1. The number of urea groups is 1. The summed E-state index contributed by atoms with van der Waals surface area (Å²) in [4.78, 5) is 24.1. The Bertz CT molecular complexity index is 504. The molecule has 2 N–H and O–H groups in total. The van der Waals surface area contributed by atoms with Gasteiger partial charge in [0.15, 0.2) is 0 Å². The molecule has 21 heavy (non-hydrogen) atoms. The molecule has 2 amide bonds. The highest BCUT2D eigenvalue weighted by Gasteiger charge is 2.26. The highest BCUT2D eigenvalue weighted by Crippen LogP contribution is 2.27. The molecule has 114 valence electrons. The van der Waals surface area contributed by atoms with Crippen molar-refractivity contribution in [1.29, 1.82) is 0 Å². The summed E-state index contributed by atoms with van der Waals surface area (Å²) in [6.45, 7) is 1.80. The third-order valence-corrected chi connectivity index (χ3v) is 3.91. The Hall–Kier alpha value is -1.75. The Balaban J connectivity index is 1.77. The van der Waals surface area contributed by atoms with E-state index < -0.39 is 5.97 Å². The zero-order valence-electron chi connectivity index (χ0n) is 11.7. The number of benzene rings is 1. The van der Waals surface area contributed by atoms with Crippen molar-refractivity contribution in [3.63, 3.8) is 0 Å². The molecule has 0 aromatic heterocycles. The largest absolute Gasteiger partial charge is 0.481 e. The number of hydrogen-bond donors (Lipinski definition) is 2. The van der Waals surface area contributed by atoms with Gasteiger partial charge in [-0.15, -0.1) is 0 Å². The summed E-state index contributed by atoms with van der Waals surface area (Å²) < 4.78 is 0. The predicted molar refractivity (Wildman–Crippen MR) is 80.7 cm³/mol. The number of hydrogen-bond acceptors (Lipinski definition) is 2. The third kappa shape index (κ3) is 4.63. The quantitative estimate of drug-likeness (QED) is 0.822. The van der Waals surface area contributed by atoms with Gasteiger partial charge in [0, 0.05) is 37.0 Å². The van der Waals surface area contributed by atoms with Gasteiger partial charge in [-0.3, -0.25) is 4.79 Å². The van der Waals surface area contributed by atoms with E-state index in [0.29, 0.717) is 30.5 Å². The molecule has 1 aliphatic heterocycles. The maximum absolute atomic E-state index is 12.0. The van der Waals surface area contributed by atoms with E-state index in [4.69, 9.17) is 16.7 Å². The van der Waals surface area contributed by atoms with Crippen LogP contribution in [0.4, 0.5) is 4.79 Å². The smallest absolute Gasteiger partial charge is 0.317 e. The number of carboxylic acids is 1. The van der Waals surface area contributed by atoms with E-state index in [9.17, 15) is 9.59 Å². The van der Waals surface area contributed by atoms with Gasteiger partial charge in [0.05, 0.1) is 0 Å². The van der Waals surface area contributed by atoms with Gasteiger partial charge in [-0.05, 0) is 30.5 Å². The van der Waals surface area contributed by atoms with Crippen molar-refractivity contribution in [2.75, 3.05) is 19.6 Å². The monoisotopic (exact) mass is 310 g/mol. The Labute approximate surface area is 128 Å². The summed E-state index contributed by atoms with van der Waals surface area (Å²) in [7, 11) is 0. The molecule has 1 saturated heterocycles. The van der Waals surface area contributed by atoms with Crippen LogP contribution < -0.4 is 5.32 Å². The molecule has 1 aliphatic rings. The molecule has 0 bridgehead atoms. The van der Waals surface area contributed by atoms with E-state index >= 15 is 0 Å². The van der Waals surface area contributed by atoms with Crippen LogP contribution in [-0.2, 0) is 4.79 Å². The van der Waals surface area contributed by atoms with Crippen molar-refractivity contribution >= 4 is 23.6 Å². The molecule has 1 aromatic carbocycles. The SMILES string of the molecule is O=C(O)CCCNC(=O)N1CCC(c2ccc(Cl)cc2)C1. The van der Waals surface area contributed by atoms with Crippen LogP contribution in [0, 0.1) is 0 Å². The average molecular weight is 311 g/mol. The lowest BCUT2D eigenvalue weighted by atomic mass is 9.99. The fourth-order valence-electron chi connectivity index (χ4n) is 2.50. The van der Waals surface area contributed by atoms with E-state index in [1.54, 1.807) is 4.90 Å². The summed E-state index contributed by atoms with van der Waals surface area (Å²) >= 11 is 5.87. The summed E-state index contributed by atoms with van der Waals surface area (Å²) in [5.41, 5.74) is 1.19. The van der Waals surface area contributed by atoms with E-state index in [1.165, 1.54) is 5.56 Å². The normalized spacial score (nSPS) is 17.8. The second-order valence-electron chi connectivity index (χ2n) is 5.21. The third-order valence-electron chi connectivity index (χ3n) is 3.66. The number of carbonyl (C=O) groups is 2. The number of likely N-dealkylation sites (tertiary alicyclic amines) is 1. The molecule has 0 spiro atoms. The van der Waals surface area contributed by atoms with Crippen molar-refractivity contribution in [1.82, 2.24) is 10.2 Å². The zero-order valence-corrected chi connectivity index (χ0v) is 12.5. The number of carbonyl (C=O) groups excluding carboxylic acids is 1. The van der Waals surface area contributed by atoms with Crippen LogP contribution in [0.3, 0.4) is 0 Å². The van der Waals surface area contributed by atoms with Gasteiger partial charge in [-0.1, -0.05) is 23.7 Å². The van der Waals surface area contributed by atoms with Crippen molar-refractivity contribution in [2.24, 2.45) is 0 Å². The van der Waals surface area contributed by atoms with Crippen LogP contribution in [0.15, 0.2) is 24.3 Å². The van der Waals surface area contributed by atoms with Gasteiger partial charge in [0.1, 0.15) is 0 Å². The number of amides is 2. The minimum Gasteiger partial charge on any atom is -0.481 e. The predicted octanol–water partition coefficient (Wildman–Crippen LogP) is 2.70. The van der Waals surface area contributed by atoms with Gasteiger partial charge in [0.25, 0.3) is 0 Å². The number of nitrogens with zero attached hydrogens (tertiary/aromatic N) is 1. The van der Waals surface area contributed by atoms with Gasteiger partial charge < -0.3 is 15.3 Å². The molecule has 1 unspecified atom stereocenters. The molecule has 0 saturated carbocycles. The second kappa shape index (κ2) is 7.31. The molecule has 0 radical (unpaired) electrons. The number of rotatable bonds is 5. The number of aliphatic carboxylic acids is 1. The summed E-state index contributed by atoms with van der Waals surface area (Å²) in [5.74, 6) is -0.500. The van der Waals surface area contributed by atoms with E-state index in [0.717, 1.165) is 13.0 Å². The standard InChI is InChI=1S/C15H19ClN2O3/c16-13-5-3-11(4-6-13)12-7-9-18(10-12)15(21)17-8-1-2-14(19)20/h3-6,12H,1-2,7-10H2,(H,17,21)(H,19,20). The summed E-state index contributed by atoms with van der Waals surface area (Å²) in [6, 6.07) is 7.62. The van der Waals surface area contributed by atoms with E-state index in [-0.39, 0.29) is 12.5 Å². The minimum absolute atomic E-state index is 0.0771. The first kappa shape index (κ1) is 15.6. The molecule has 1 heterocycles. The van der Waals surface area contributed by atoms with E-state index in [2.05, 4.69) is 5.32 Å². The molecule has 1 atom stereocenters. The zero-order chi connectivity index (χ0) is 15.2. The molecular weight excluding hydrogens is 292 g/mol. The lowest BCUT2D eigenvalue weighted by Crippen LogP contribution is -2.38. The minimum atomic E-state index is -0.840. The Morgan fingerprint density at radius 2 is 2.05 bits per heavy atom. The molecule has 0 aliphatic carbocycles. The highest BCUT2D eigenvalue weighted by atomic mass is 35.5. The van der Waals surface area contributed by atoms with Gasteiger partial charge in [-0.2, -0.15) is 0 Å². The molecule has 1 fully saturated rings. The first-order valence-corrected chi connectivity index (χ1v) is 7.44. The first-order valence-electron chi connectivity index (χ1n) is 7.06. The van der Waals surface area contributed by atoms with Crippen molar-refractivity contribution in [2.45, 2.75) is 25.2 Å².